The summed E-state index contributed by atoms with van der Waals surface area (Å²) in [4.78, 5) is 0. The Labute approximate surface area is 79.5 Å². The molecule has 1 heterocycles. The molecule has 0 bridgehead atoms. The molecule has 0 saturated carbocycles. The summed E-state index contributed by atoms with van der Waals surface area (Å²) in [6, 6.07) is 0.906. The van der Waals surface area contributed by atoms with Crippen molar-refractivity contribution in [2.75, 3.05) is 19.8 Å². The highest BCUT2D eigenvalue weighted by molar-refractivity contribution is 6.26. The Morgan fingerprint density at radius 1 is 1.54 bits per heavy atom. The van der Waals surface area contributed by atoms with Crippen LogP contribution in [0.1, 0.15) is 6.42 Å². The topological polar surface area (TPSA) is 71.5 Å². The molecule has 5 nitrogen and oxygen atoms in total. The first kappa shape index (κ1) is 11.1. The van der Waals surface area contributed by atoms with Crippen LogP contribution in [0.15, 0.2) is 0 Å². The van der Waals surface area contributed by atoms with E-state index in [-0.39, 0.29) is 0 Å². The SMILES string of the molecule is OC(O)O[SiH2]CCCOCC1CO1. The molecule has 1 aliphatic heterocycles. The van der Waals surface area contributed by atoms with Crippen molar-refractivity contribution in [1.29, 1.82) is 0 Å². The van der Waals surface area contributed by atoms with Gasteiger partial charge in [0.25, 0.3) is 6.48 Å². The molecule has 0 radical (unpaired) electrons. The van der Waals surface area contributed by atoms with Gasteiger partial charge in [-0.05, 0) is 12.5 Å². The molecule has 1 rings (SSSR count). The van der Waals surface area contributed by atoms with Gasteiger partial charge in [-0.2, -0.15) is 0 Å². The highest BCUT2D eigenvalue weighted by Gasteiger charge is 2.21. The maximum Gasteiger partial charge on any atom is 0.256 e. The van der Waals surface area contributed by atoms with E-state index in [9.17, 15) is 0 Å². The Hall–Kier alpha value is 0.0169. The molecule has 0 aromatic rings. The lowest BCUT2D eigenvalue weighted by Crippen LogP contribution is -2.13. The minimum absolute atomic E-state index is 0.327. The summed E-state index contributed by atoms with van der Waals surface area (Å²) in [5.74, 6) is 0. The van der Waals surface area contributed by atoms with Gasteiger partial charge in [-0.1, -0.05) is 0 Å². The smallest absolute Gasteiger partial charge is 0.256 e. The van der Waals surface area contributed by atoms with E-state index in [2.05, 4.69) is 4.43 Å². The molecule has 1 aliphatic rings. The second-order valence-electron chi connectivity index (χ2n) is 2.93. The van der Waals surface area contributed by atoms with Gasteiger partial charge in [0.2, 0.25) is 0 Å². The van der Waals surface area contributed by atoms with Gasteiger partial charge in [-0.15, -0.1) is 0 Å². The Kier molecular flexibility index (Phi) is 5.52. The van der Waals surface area contributed by atoms with Crippen LogP contribution in [0, 0.1) is 0 Å². The zero-order valence-corrected chi connectivity index (χ0v) is 8.93. The third-order valence-corrected chi connectivity index (χ3v) is 2.98. The Morgan fingerprint density at radius 3 is 2.92 bits per heavy atom. The molecule has 1 atom stereocenters. The molecule has 1 fully saturated rings. The summed E-state index contributed by atoms with van der Waals surface area (Å²) in [6.45, 7) is 0.629. The number of hydrogen-bond donors (Lipinski definition) is 2. The van der Waals surface area contributed by atoms with Crippen LogP contribution in [0.3, 0.4) is 0 Å². The lowest BCUT2D eigenvalue weighted by molar-refractivity contribution is -0.180. The van der Waals surface area contributed by atoms with Gasteiger partial charge in [-0.25, -0.2) is 0 Å². The predicted octanol–water partition coefficient (Wildman–Crippen LogP) is -1.42. The van der Waals surface area contributed by atoms with E-state index in [1.807, 2.05) is 0 Å². The molecule has 13 heavy (non-hydrogen) atoms. The fourth-order valence-electron chi connectivity index (χ4n) is 0.874. The average Bonchev–Trinajstić information content (AvgIpc) is 2.86. The van der Waals surface area contributed by atoms with Crippen molar-refractivity contribution in [3.05, 3.63) is 0 Å². The van der Waals surface area contributed by atoms with Crippen molar-refractivity contribution in [1.82, 2.24) is 0 Å². The second-order valence-corrected chi connectivity index (χ2v) is 4.38. The number of epoxide rings is 1. The van der Waals surface area contributed by atoms with Crippen molar-refractivity contribution in [2.45, 2.75) is 25.0 Å². The first-order valence-corrected chi connectivity index (χ1v) is 6.04. The van der Waals surface area contributed by atoms with E-state index in [0.717, 1.165) is 19.1 Å². The van der Waals surface area contributed by atoms with E-state index in [0.29, 0.717) is 19.3 Å². The third-order valence-electron chi connectivity index (χ3n) is 1.66. The van der Waals surface area contributed by atoms with Crippen LogP contribution < -0.4 is 0 Å². The van der Waals surface area contributed by atoms with E-state index >= 15 is 0 Å². The lowest BCUT2D eigenvalue weighted by atomic mass is 10.5. The number of aliphatic hydroxyl groups is 2. The summed E-state index contributed by atoms with van der Waals surface area (Å²) in [5, 5.41) is 16.7. The van der Waals surface area contributed by atoms with Crippen molar-refractivity contribution < 1.29 is 24.1 Å². The van der Waals surface area contributed by atoms with Crippen molar-refractivity contribution in [3.63, 3.8) is 0 Å². The van der Waals surface area contributed by atoms with E-state index in [1.165, 1.54) is 0 Å². The van der Waals surface area contributed by atoms with Crippen molar-refractivity contribution in [3.8, 4) is 0 Å². The molecule has 1 unspecified atom stereocenters. The fourth-order valence-corrected chi connectivity index (χ4v) is 1.66. The van der Waals surface area contributed by atoms with Crippen molar-refractivity contribution >= 4 is 9.76 Å². The van der Waals surface area contributed by atoms with E-state index in [4.69, 9.17) is 19.7 Å². The largest absolute Gasteiger partial charge is 0.379 e. The maximum absolute atomic E-state index is 8.36. The monoisotopic (exact) mass is 208 g/mol. The highest BCUT2D eigenvalue weighted by Crippen LogP contribution is 2.08. The van der Waals surface area contributed by atoms with Gasteiger partial charge in [-0.3, -0.25) is 0 Å². The van der Waals surface area contributed by atoms with Gasteiger partial charge in [0.1, 0.15) is 6.10 Å². The Balaban J connectivity index is 1.68. The van der Waals surface area contributed by atoms with Gasteiger partial charge < -0.3 is 24.1 Å². The molecule has 6 heteroatoms. The van der Waals surface area contributed by atoms with Crippen LogP contribution >= 0.6 is 0 Å². The molecule has 0 amide bonds. The van der Waals surface area contributed by atoms with Gasteiger partial charge in [0.05, 0.1) is 13.2 Å². The second kappa shape index (κ2) is 6.47. The number of aliphatic hydroxyl groups excluding tert-OH is 1. The van der Waals surface area contributed by atoms with Crippen LogP contribution in [0.4, 0.5) is 0 Å². The molecule has 1 saturated heterocycles. The van der Waals surface area contributed by atoms with Gasteiger partial charge >= 0.3 is 0 Å². The average molecular weight is 208 g/mol. The molecule has 0 aliphatic carbocycles. The molecule has 2 N–H and O–H groups in total. The molecule has 0 aromatic heterocycles. The van der Waals surface area contributed by atoms with Gasteiger partial charge in [0.15, 0.2) is 9.76 Å². The van der Waals surface area contributed by atoms with E-state index in [1.54, 1.807) is 0 Å². The van der Waals surface area contributed by atoms with Crippen LogP contribution in [-0.2, 0) is 13.9 Å². The third kappa shape index (κ3) is 7.12. The van der Waals surface area contributed by atoms with Crippen LogP contribution in [0.5, 0.6) is 0 Å². The first-order valence-electron chi connectivity index (χ1n) is 4.46. The summed E-state index contributed by atoms with van der Waals surface area (Å²) < 4.78 is 14.9. The number of ether oxygens (including phenoxy) is 2. The standard InChI is InChI=1S/C7H16O5Si/c8-7(9)12-13-3-1-2-10-4-6-5-11-6/h6-9H,1-5,13H2. The zero-order chi connectivity index (χ0) is 9.52. The predicted molar refractivity (Wildman–Crippen MR) is 47.8 cm³/mol. The van der Waals surface area contributed by atoms with E-state index < -0.39 is 16.2 Å². The fraction of sp³-hybridized carbons (Fsp3) is 1.00. The Bertz CT molecular complexity index is 122. The summed E-state index contributed by atoms with van der Waals surface area (Å²) >= 11 is 0. The van der Waals surface area contributed by atoms with Crippen LogP contribution in [-0.4, -0.2) is 52.4 Å². The number of rotatable bonds is 8. The molecular formula is C7H16O5Si. The normalized spacial score (nSPS) is 21.9. The summed E-state index contributed by atoms with van der Waals surface area (Å²) in [6.07, 6.45) is 1.25. The first-order chi connectivity index (χ1) is 6.29. The molecule has 0 aromatic carbocycles. The molecular weight excluding hydrogens is 192 g/mol. The zero-order valence-electron chi connectivity index (χ0n) is 7.52. The number of hydrogen-bond acceptors (Lipinski definition) is 5. The van der Waals surface area contributed by atoms with Crippen LogP contribution in [0.2, 0.25) is 6.04 Å². The molecule has 0 spiro atoms. The van der Waals surface area contributed by atoms with Crippen molar-refractivity contribution in [2.24, 2.45) is 0 Å². The Morgan fingerprint density at radius 2 is 2.31 bits per heavy atom. The van der Waals surface area contributed by atoms with Crippen LogP contribution in [0.25, 0.3) is 0 Å². The maximum atomic E-state index is 8.36. The minimum Gasteiger partial charge on any atom is -0.379 e. The summed E-state index contributed by atoms with van der Waals surface area (Å²) in [7, 11) is -0.779. The minimum atomic E-state index is -1.59. The highest BCUT2D eigenvalue weighted by atomic mass is 28.2. The van der Waals surface area contributed by atoms with Gasteiger partial charge in [0, 0.05) is 6.61 Å². The summed E-state index contributed by atoms with van der Waals surface area (Å²) in [5.41, 5.74) is 0. The lowest BCUT2D eigenvalue weighted by Gasteiger charge is -2.04. The quantitative estimate of drug-likeness (QED) is 0.222. The molecule has 78 valence electrons.